The molecule has 0 heterocycles. The summed E-state index contributed by atoms with van der Waals surface area (Å²) in [4.78, 5) is 0. The largest absolute Gasteiger partial charge is 0.494 e. The summed E-state index contributed by atoms with van der Waals surface area (Å²) < 4.78 is 26.2. The molecule has 2 rings (SSSR count). The van der Waals surface area contributed by atoms with Gasteiger partial charge >= 0.3 is 0 Å². The third-order valence-corrected chi connectivity index (χ3v) is 5.64. The quantitative estimate of drug-likeness (QED) is 0.234. The number of hydrogen-bond acceptors (Lipinski definition) is 2. The van der Waals surface area contributed by atoms with Gasteiger partial charge in [0.05, 0.1) is 13.2 Å². The summed E-state index contributed by atoms with van der Waals surface area (Å²) >= 11 is 0. The molecule has 0 N–H and O–H groups in total. The molecular formula is C28H41FO2. The van der Waals surface area contributed by atoms with Crippen molar-refractivity contribution in [3.63, 3.8) is 0 Å². The zero-order chi connectivity index (χ0) is 22.2. The normalized spacial score (nSPS) is 10.9. The first kappa shape index (κ1) is 25.2. The minimum absolute atomic E-state index is 0.249. The van der Waals surface area contributed by atoms with Crippen molar-refractivity contribution in [2.24, 2.45) is 0 Å². The highest BCUT2D eigenvalue weighted by molar-refractivity contribution is 5.65. The Kier molecular flexibility index (Phi) is 12.8. The molecule has 31 heavy (non-hydrogen) atoms. The summed E-state index contributed by atoms with van der Waals surface area (Å²) in [6.07, 6.45) is 14.8. The van der Waals surface area contributed by atoms with Crippen molar-refractivity contribution in [2.75, 3.05) is 13.2 Å². The van der Waals surface area contributed by atoms with Crippen molar-refractivity contribution < 1.29 is 13.9 Å². The van der Waals surface area contributed by atoms with Crippen molar-refractivity contribution in [3.05, 3.63) is 48.3 Å². The van der Waals surface area contributed by atoms with E-state index in [1.165, 1.54) is 70.3 Å². The molecule has 0 saturated heterocycles. The predicted molar refractivity (Wildman–Crippen MR) is 130 cm³/mol. The molecule has 2 nitrogen and oxygen atoms in total. The van der Waals surface area contributed by atoms with Gasteiger partial charge in [-0.3, -0.25) is 0 Å². The van der Waals surface area contributed by atoms with Crippen molar-refractivity contribution in [2.45, 2.75) is 90.9 Å². The molecule has 3 heteroatoms. The van der Waals surface area contributed by atoms with E-state index in [1.807, 2.05) is 30.3 Å². The van der Waals surface area contributed by atoms with Gasteiger partial charge in [-0.1, -0.05) is 90.2 Å². The second kappa shape index (κ2) is 15.7. The van der Waals surface area contributed by atoms with Crippen molar-refractivity contribution in [1.82, 2.24) is 0 Å². The Morgan fingerprint density at radius 3 is 1.61 bits per heavy atom. The SMILES string of the molecule is CCCCCCCCOc1ccc(-c2ccc(OCCCCCCCC)cc2F)cc1. The molecule has 0 aliphatic rings. The molecule has 0 unspecified atom stereocenters. The summed E-state index contributed by atoms with van der Waals surface area (Å²) in [5, 5.41) is 0. The summed E-state index contributed by atoms with van der Waals surface area (Å²) in [5.41, 5.74) is 1.45. The second-order valence-corrected chi connectivity index (χ2v) is 8.40. The van der Waals surface area contributed by atoms with Crippen LogP contribution in [0.2, 0.25) is 0 Å². The van der Waals surface area contributed by atoms with Crippen LogP contribution >= 0.6 is 0 Å². The molecule has 2 aromatic rings. The molecule has 0 saturated carbocycles. The lowest BCUT2D eigenvalue weighted by molar-refractivity contribution is 0.303. The molecule has 0 amide bonds. The highest BCUT2D eigenvalue weighted by atomic mass is 19.1. The molecule has 172 valence electrons. The number of benzene rings is 2. The molecule has 0 bridgehead atoms. The first-order chi connectivity index (χ1) is 15.2. The lowest BCUT2D eigenvalue weighted by atomic mass is 10.0. The van der Waals surface area contributed by atoms with Crippen LogP contribution in [0.3, 0.4) is 0 Å². The lowest BCUT2D eigenvalue weighted by Crippen LogP contribution is -1.98. The van der Waals surface area contributed by atoms with E-state index in [0.717, 1.165) is 30.8 Å². The van der Waals surface area contributed by atoms with Gasteiger partial charge in [-0.05, 0) is 42.7 Å². The molecule has 0 aromatic heterocycles. The Hall–Kier alpha value is -2.03. The topological polar surface area (TPSA) is 18.5 Å². The van der Waals surface area contributed by atoms with Crippen LogP contribution in [0.15, 0.2) is 42.5 Å². The maximum atomic E-state index is 14.6. The summed E-state index contributed by atoms with van der Waals surface area (Å²) in [6, 6.07) is 12.9. The first-order valence-corrected chi connectivity index (χ1v) is 12.4. The maximum absolute atomic E-state index is 14.6. The van der Waals surface area contributed by atoms with Crippen molar-refractivity contribution in [3.8, 4) is 22.6 Å². The fourth-order valence-corrected chi connectivity index (χ4v) is 3.70. The second-order valence-electron chi connectivity index (χ2n) is 8.40. The molecule has 0 radical (unpaired) electrons. The van der Waals surface area contributed by atoms with Crippen LogP contribution in [-0.2, 0) is 0 Å². The van der Waals surface area contributed by atoms with Crippen LogP contribution in [0.5, 0.6) is 11.5 Å². The zero-order valence-electron chi connectivity index (χ0n) is 19.6. The van der Waals surface area contributed by atoms with E-state index in [0.29, 0.717) is 17.9 Å². The fourth-order valence-electron chi connectivity index (χ4n) is 3.70. The Labute approximate surface area is 189 Å². The number of hydrogen-bond donors (Lipinski definition) is 0. The zero-order valence-corrected chi connectivity index (χ0v) is 19.6. The van der Waals surface area contributed by atoms with E-state index in [-0.39, 0.29) is 5.82 Å². The van der Waals surface area contributed by atoms with Crippen LogP contribution in [-0.4, -0.2) is 13.2 Å². The van der Waals surface area contributed by atoms with Crippen molar-refractivity contribution in [1.29, 1.82) is 0 Å². The minimum atomic E-state index is -0.249. The number of unbranched alkanes of at least 4 members (excludes halogenated alkanes) is 10. The minimum Gasteiger partial charge on any atom is -0.494 e. The van der Waals surface area contributed by atoms with Gasteiger partial charge in [0.15, 0.2) is 0 Å². The van der Waals surface area contributed by atoms with Gasteiger partial charge in [-0.25, -0.2) is 4.39 Å². The Morgan fingerprint density at radius 1 is 0.581 bits per heavy atom. The van der Waals surface area contributed by atoms with Gasteiger partial charge in [-0.2, -0.15) is 0 Å². The molecule has 0 spiro atoms. The van der Waals surface area contributed by atoms with E-state index in [4.69, 9.17) is 9.47 Å². The average Bonchev–Trinajstić information content (AvgIpc) is 2.78. The van der Waals surface area contributed by atoms with Gasteiger partial charge in [0.2, 0.25) is 0 Å². The Bertz CT molecular complexity index is 711. The predicted octanol–water partition coefficient (Wildman–Crippen LogP) is 8.97. The van der Waals surface area contributed by atoms with Gasteiger partial charge in [0.1, 0.15) is 17.3 Å². The highest BCUT2D eigenvalue weighted by Crippen LogP contribution is 2.28. The Morgan fingerprint density at radius 2 is 1.06 bits per heavy atom. The maximum Gasteiger partial charge on any atom is 0.134 e. The highest BCUT2D eigenvalue weighted by Gasteiger charge is 2.07. The van der Waals surface area contributed by atoms with E-state index in [2.05, 4.69) is 13.8 Å². The summed E-state index contributed by atoms with van der Waals surface area (Å²) in [5.74, 6) is 1.20. The van der Waals surface area contributed by atoms with Crippen LogP contribution in [0.1, 0.15) is 90.9 Å². The van der Waals surface area contributed by atoms with Gasteiger partial charge in [-0.15, -0.1) is 0 Å². The molecule has 2 aromatic carbocycles. The van der Waals surface area contributed by atoms with E-state index in [9.17, 15) is 4.39 Å². The van der Waals surface area contributed by atoms with E-state index in [1.54, 1.807) is 6.07 Å². The smallest absolute Gasteiger partial charge is 0.134 e. The van der Waals surface area contributed by atoms with Gasteiger partial charge in [0, 0.05) is 11.6 Å². The molecular weight excluding hydrogens is 387 g/mol. The van der Waals surface area contributed by atoms with E-state index < -0.39 is 0 Å². The molecule has 0 aliphatic carbocycles. The first-order valence-electron chi connectivity index (χ1n) is 12.4. The third kappa shape index (κ3) is 10.2. The monoisotopic (exact) mass is 428 g/mol. The number of rotatable bonds is 17. The van der Waals surface area contributed by atoms with Crippen molar-refractivity contribution >= 4 is 0 Å². The van der Waals surface area contributed by atoms with Gasteiger partial charge < -0.3 is 9.47 Å². The molecule has 0 aliphatic heterocycles. The summed E-state index contributed by atoms with van der Waals surface area (Å²) in [6.45, 7) is 5.85. The van der Waals surface area contributed by atoms with Crippen LogP contribution in [0, 0.1) is 5.82 Å². The lowest BCUT2D eigenvalue weighted by Gasteiger charge is -2.10. The molecule has 0 fully saturated rings. The number of ether oxygens (including phenoxy) is 2. The molecule has 0 atom stereocenters. The Balaban J connectivity index is 1.73. The summed E-state index contributed by atoms with van der Waals surface area (Å²) in [7, 11) is 0. The standard InChI is InChI=1S/C28H41FO2/c1-3-5-7-9-11-13-21-30-25-17-15-24(16-18-25)27-20-19-26(23-28(27)29)31-22-14-12-10-8-6-4-2/h15-20,23H,3-14,21-22H2,1-2H3. The van der Waals surface area contributed by atoms with E-state index >= 15 is 0 Å². The fraction of sp³-hybridized carbons (Fsp3) is 0.571. The average molecular weight is 429 g/mol. The van der Waals surface area contributed by atoms with Crippen LogP contribution < -0.4 is 9.47 Å². The number of halogens is 1. The van der Waals surface area contributed by atoms with Crippen LogP contribution in [0.25, 0.3) is 11.1 Å². The van der Waals surface area contributed by atoms with Crippen LogP contribution in [0.4, 0.5) is 4.39 Å². The van der Waals surface area contributed by atoms with Gasteiger partial charge in [0.25, 0.3) is 0 Å². The third-order valence-electron chi connectivity index (χ3n) is 5.64.